The minimum atomic E-state index is -0.921. The molecule has 5 heteroatoms. The van der Waals surface area contributed by atoms with Crippen LogP contribution in [0.1, 0.15) is 18.9 Å². The van der Waals surface area contributed by atoms with E-state index in [-0.39, 0.29) is 6.42 Å². The standard InChI is InChI=1S/C14H14O5/c1-8-5-14(17)19-12-7-10(3-4-11(8)12)18-9(2)6-13(15)16/h3-5,7,9H,6H2,1-2H3,(H,15,16)/t9-/m1/s1. The maximum Gasteiger partial charge on any atom is 0.336 e. The molecule has 2 rings (SSSR count). The molecule has 1 atom stereocenters. The number of ether oxygens (including phenoxy) is 1. The topological polar surface area (TPSA) is 76.7 Å². The van der Waals surface area contributed by atoms with Crippen molar-refractivity contribution in [2.24, 2.45) is 0 Å². The average molecular weight is 262 g/mol. The minimum Gasteiger partial charge on any atom is -0.490 e. The van der Waals surface area contributed by atoms with E-state index in [1.165, 1.54) is 6.07 Å². The molecule has 5 nitrogen and oxygen atoms in total. The van der Waals surface area contributed by atoms with Gasteiger partial charge in [-0.1, -0.05) is 0 Å². The summed E-state index contributed by atoms with van der Waals surface area (Å²) in [7, 11) is 0. The van der Waals surface area contributed by atoms with Gasteiger partial charge < -0.3 is 14.3 Å². The van der Waals surface area contributed by atoms with Crippen molar-refractivity contribution in [3.05, 3.63) is 40.2 Å². The van der Waals surface area contributed by atoms with Crippen molar-refractivity contribution in [1.82, 2.24) is 0 Å². The Kier molecular flexibility index (Phi) is 3.55. The maximum atomic E-state index is 11.3. The Morgan fingerprint density at radius 3 is 2.84 bits per heavy atom. The summed E-state index contributed by atoms with van der Waals surface area (Å²) < 4.78 is 10.6. The summed E-state index contributed by atoms with van der Waals surface area (Å²) in [5, 5.41) is 9.50. The van der Waals surface area contributed by atoms with E-state index in [1.807, 2.05) is 6.92 Å². The number of hydrogen-bond acceptors (Lipinski definition) is 4. The van der Waals surface area contributed by atoms with Gasteiger partial charge in [0.15, 0.2) is 0 Å². The van der Waals surface area contributed by atoms with Crippen molar-refractivity contribution in [3.8, 4) is 5.75 Å². The van der Waals surface area contributed by atoms with Crippen molar-refractivity contribution in [3.63, 3.8) is 0 Å². The van der Waals surface area contributed by atoms with E-state index < -0.39 is 17.7 Å². The molecule has 1 aromatic carbocycles. The summed E-state index contributed by atoms with van der Waals surface area (Å²) in [5.74, 6) is -0.439. The second kappa shape index (κ2) is 5.14. The van der Waals surface area contributed by atoms with Crippen LogP contribution in [0.2, 0.25) is 0 Å². The zero-order valence-electron chi connectivity index (χ0n) is 10.7. The summed E-state index contributed by atoms with van der Waals surface area (Å²) >= 11 is 0. The number of benzene rings is 1. The molecule has 2 aromatic rings. The van der Waals surface area contributed by atoms with Gasteiger partial charge in [0.25, 0.3) is 0 Å². The molecule has 0 amide bonds. The van der Waals surface area contributed by atoms with Crippen LogP contribution in [0.25, 0.3) is 11.0 Å². The minimum absolute atomic E-state index is 0.0875. The van der Waals surface area contributed by atoms with Gasteiger partial charge >= 0.3 is 11.6 Å². The first-order valence-electron chi connectivity index (χ1n) is 5.88. The van der Waals surface area contributed by atoms with Crippen LogP contribution in [0.4, 0.5) is 0 Å². The highest BCUT2D eigenvalue weighted by molar-refractivity contribution is 5.81. The fourth-order valence-corrected chi connectivity index (χ4v) is 1.90. The molecule has 100 valence electrons. The smallest absolute Gasteiger partial charge is 0.336 e. The van der Waals surface area contributed by atoms with E-state index in [9.17, 15) is 9.59 Å². The lowest BCUT2D eigenvalue weighted by Crippen LogP contribution is -2.16. The van der Waals surface area contributed by atoms with E-state index in [1.54, 1.807) is 25.1 Å². The molecule has 0 saturated carbocycles. The highest BCUT2D eigenvalue weighted by atomic mass is 16.5. The molecular weight excluding hydrogens is 248 g/mol. The Bertz CT molecular complexity index is 671. The van der Waals surface area contributed by atoms with Gasteiger partial charge in [-0.05, 0) is 31.5 Å². The molecule has 0 aliphatic heterocycles. The fourth-order valence-electron chi connectivity index (χ4n) is 1.90. The first-order valence-corrected chi connectivity index (χ1v) is 5.88. The number of hydrogen-bond donors (Lipinski definition) is 1. The summed E-state index contributed by atoms with van der Waals surface area (Å²) in [6.07, 6.45) is -0.540. The molecule has 19 heavy (non-hydrogen) atoms. The third kappa shape index (κ3) is 3.13. The van der Waals surface area contributed by atoms with E-state index in [2.05, 4.69) is 0 Å². The third-order valence-corrected chi connectivity index (χ3v) is 2.72. The van der Waals surface area contributed by atoms with Gasteiger partial charge in [0.2, 0.25) is 0 Å². The second-order valence-electron chi connectivity index (χ2n) is 4.43. The van der Waals surface area contributed by atoms with Crippen molar-refractivity contribution in [2.75, 3.05) is 0 Å². The number of rotatable bonds is 4. The van der Waals surface area contributed by atoms with Crippen LogP contribution in [0.15, 0.2) is 33.5 Å². The van der Waals surface area contributed by atoms with E-state index in [0.717, 1.165) is 10.9 Å². The van der Waals surface area contributed by atoms with E-state index in [4.69, 9.17) is 14.3 Å². The SMILES string of the molecule is Cc1cc(=O)oc2cc(O[C@H](C)CC(=O)O)ccc12. The third-order valence-electron chi connectivity index (χ3n) is 2.72. The van der Waals surface area contributed by atoms with Crippen LogP contribution in [-0.2, 0) is 4.79 Å². The van der Waals surface area contributed by atoms with Gasteiger partial charge in [-0.2, -0.15) is 0 Å². The lowest BCUT2D eigenvalue weighted by atomic mass is 10.1. The number of carboxylic acids is 1. The highest BCUT2D eigenvalue weighted by Gasteiger charge is 2.10. The summed E-state index contributed by atoms with van der Waals surface area (Å²) in [5.41, 5.74) is 0.849. The average Bonchev–Trinajstić information content (AvgIpc) is 2.26. The number of aliphatic carboxylic acids is 1. The van der Waals surface area contributed by atoms with Gasteiger partial charge in [-0.25, -0.2) is 4.79 Å². The van der Waals surface area contributed by atoms with Crippen LogP contribution in [0.5, 0.6) is 5.75 Å². The van der Waals surface area contributed by atoms with Crippen LogP contribution in [0, 0.1) is 6.92 Å². The monoisotopic (exact) mass is 262 g/mol. The van der Waals surface area contributed by atoms with Crippen molar-refractivity contribution < 1.29 is 19.1 Å². The van der Waals surface area contributed by atoms with Gasteiger partial charge in [-0.3, -0.25) is 4.79 Å². The highest BCUT2D eigenvalue weighted by Crippen LogP contribution is 2.23. The molecule has 0 fully saturated rings. The molecule has 1 aromatic heterocycles. The number of carboxylic acid groups (broad SMARTS) is 1. The second-order valence-corrected chi connectivity index (χ2v) is 4.43. The maximum absolute atomic E-state index is 11.3. The van der Waals surface area contributed by atoms with Crippen LogP contribution < -0.4 is 10.4 Å². The molecule has 0 aliphatic rings. The molecule has 0 aliphatic carbocycles. The van der Waals surface area contributed by atoms with Crippen LogP contribution >= 0.6 is 0 Å². The molecular formula is C14H14O5. The quantitative estimate of drug-likeness (QED) is 0.856. The zero-order chi connectivity index (χ0) is 14.0. The van der Waals surface area contributed by atoms with E-state index >= 15 is 0 Å². The zero-order valence-corrected chi connectivity index (χ0v) is 10.7. The molecule has 1 N–H and O–H groups in total. The Labute approximate surface area is 109 Å². The molecule has 0 saturated heterocycles. The fraction of sp³-hybridized carbons (Fsp3) is 0.286. The Balaban J connectivity index is 2.31. The molecule has 0 spiro atoms. The van der Waals surface area contributed by atoms with Crippen LogP contribution in [-0.4, -0.2) is 17.2 Å². The molecule has 1 heterocycles. The molecule has 0 radical (unpaired) electrons. The van der Waals surface area contributed by atoms with Crippen molar-refractivity contribution in [1.29, 1.82) is 0 Å². The Morgan fingerprint density at radius 2 is 2.16 bits per heavy atom. The first-order chi connectivity index (χ1) is 8.95. The summed E-state index contributed by atoms with van der Waals surface area (Å²) in [6.45, 7) is 3.50. The number of carbonyl (C=O) groups is 1. The number of aryl methyl sites for hydroxylation is 1. The first kappa shape index (κ1) is 13.1. The Morgan fingerprint density at radius 1 is 1.42 bits per heavy atom. The van der Waals surface area contributed by atoms with Gasteiger partial charge in [0.05, 0.1) is 6.42 Å². The largest absolute Gasteiger partial charge is 0.490 e. The molecule has 0 unspecified atom stereocenters. The van der Waals surface area contributed by atoms with Gasteiger partial charge in [0.1, 0.15) is 17.4 Å². The lowest BCUT2D eigenvalue weighted by molar-refractivity contribution is -0.138. The predicted octanol–water partition coefficient (Wildman–Crippen LogP) is 2.34. The lowest BCUT2D eigenvalue weighted by Gasteiger charge is -2.13. The Hall–Kier alpha value is -2.30. The van der Waals surface area contributed by atoms with E-state index in [0.29, 0.717) is 11.3 Å². The molecule has 0 bridgehead atoms. The summed E-state index contributed by atoms with van der Waals surface area (Å²) in [4.78, 5) is 21.9. The van der Waals surface area contributed by atoms with Gasteiger partial charge in [0, 0.05) is 17.5 Å². The van der Waals surface area contributed by atoms with Gasteiger partial charge in [-0.15, -0.1) is 0 Å². The van der Waals surface area contributed by atoms with Crippen molar-refractivity contribution in [2.45, 2.75) is 26.4 Å². The normalized spacial score (nSPS) is 12.3. The summed E-state index contributed by atoms with van der Waals surface area (Å²) in [6, 6.07) is 6.54. The predicted molar refractivity (Wildman–Crippen MR) is 69.6 cm³/mol. The van der Waals surface area contributed by atoms with Crippen molar-refractivity contribution >= 4 is 16.9 Å². The number of fused-ring (bicyclic) bond motifs is 1. The van der Waals surface area contributed by atoms with Crippen LogP contribution in [0.3, 0.4) is 0 Å².